The molecule has 0 saturated carbocycles. The van der Waals surface area contributed by atoms with Gasteiger partial charge in [-0.3, -0.25) is 9.59 Å². The average molecular weight is 422 g/mol. The number of aromatic nitrogens is 4. The average Bonchev–Trinajstić information content (AvgIpc) is 2.84. The summed E-state index contributed by atoms with van der Waals surface area (Å²) >= 11 is 0. The topological polar surface area (TPSA) is 103 Å². The zero-order valence-electron chi connectivity index (χ0n) is 17.3. The van der Waals surface area contributed by atoms with Crippen molar-refractivity contribution in [1.29, 1.82) is 0 Å². The number of methoxy groups -OCH3 is 2. The van der Waals surface area contributed by atoms with E-state index in [1.54, 1.807) is 54.7 Å². The van der Waals surface area contributed by atoms with E-state index in [1.807, 2.05) is 4.90 Å². The van der Waals surface area contributed by atoms with Gasteiger partial charge in [-0.05, 0) is 30.3 Å². The number of ether oxygens (including phenoxy) is 2. The molecule has 10 heteroatoms. The molecule has 1 aromatic carbocycles. The Morgan fingerprint density at radius 3 is 2.26 bits per heavy atom. The fourth-order valence-electron chi connectivity index (χ4n) is 3.36. The van der Waals surface area contributed by atoms with Crippen LogP contribution >= 0.6 is 0 Å². The third kappa shape index (κ3) is 4.18. The van der Waals surface area contributed by atoms with Gasteiger partial charge in [0.05, 0.1) is 26.0 Å². The highest BCUT2D eigenvalue weighted by Crippen LogP contribution is 2.19. The molecule has 0 N–H and O–H groups in total. The Kier molecular flexibility index (Phi) is 5.78. The minimum Gasteiger partial charge on any atom is -0.497 e. The van der Waals surface area contributed by atoms with Crippen molar-refractivity contribution in [3.05, 3.63) is 64.7 Å². The molecule has 10 nitrogen and oxygen atoms in total. The number of carbonyl (C=O) groups excluding carboxylic acids is 1. The Hall–Kier alpha value is -3.95. The highest BCUT2D eigenvalue weighted by Gasteiger charge is 2.27. The quantitative estimate of drug-likeness (QED) is 0.600. The zero-order chi connectivity index (χ0) is 21.8. The first-order valence-electron chi connectivity index (χ1n) is 9.74. The second-order valence-corrected chi connectivity index (χ2v) is 6.84. The second kappa shape index (κ2) is 8.82. The first-order valence-corrected chi connectivity index (χ1v) is 9.74. The molecule has 1 saturated heterocycles. The summed E-state index contributed by atoms with van der Waals surface area (Å²) in [7, 11) is 3.02. The van der Waals surface area contributed by atoms with E-state index in [2.05, 4.69) is 15.1 Å². The summed E-state index contributed by atoms with van der Waals surface area (Å²) in [6.07, 6.45) is 3.37. The van der Waals surface area contributed by atoms with E-state index in [-0.39, 0.29) is 11.6 Å². The van der Waals surface area contributed by atoms with Gasteiger partial charge in [-0.2, -0.15) is 5.10 Å². The molecule has 0 atom stereocenters. The van der Waals surface area contributed by atoms with E-state index in [9.17, 15) is 9.59 Å². The highest BCUT2D eigenvalue weighted by molar-refractivity contribution is 5.92. The molecule has 0 spiro atoms. The van der Waals surface area contributed by atoms with Crippen molar-refractivity contribution in [2.24, 2.45) is 0 Å². The summed E-state index contributed by atoms with van der Waals surface area (Å²) in [4.78, 5) is 37.8. The van der Waals surface area contributed by atoms with Crippen molar-refractivity contribution < 1.29 is 14.3 Å². The van der Waals surface area contributed by atoms with Gasteiger partial charge in [0.1, 0.15) is 5.75 Å². The molecule has 1 aliphatic heterocycles. The monoisotopic (exact) mass is 422 g/mol. The van der Waals surface area contributed by atoms with E-state index >= 15 is 0 Å². The first kappa shape index (κ1) is 20.3. The van der Waals surface area contributed by atoms with Gasteiger partial charge in [-0.25, -0.2) is 14.6 Å². The van der Waals surface area contributed by atoms with Crippen LogP contribution in [0.2, 0.25) is 0 Å². The number of hydrogen-bond acceptors (Lipinski definition) is 8. The fourth-order valence-corrected chi connectivity index (χ4v) is 3.36. The van der Waals surface area contributed by atoms with Crippen LogP contribution in [0.1, 0.15) is 10.5 Å². The van der Waals surface area contributed by atoms with Gasteiger partial charge in [0.2, 0.25) is 17.3 Å². The molecular formula is C21H22N6O4. The molecule has 31 heavy (non-hydrogen) atoms. The molecule has 4 rings (SSSR count). The van der Waals surface area contributed by atoms with Crippen LogP contribution in [0.4, 0.5) is 5.95 Å². The summed E-state index contributed by atoms with van der Waals surface area (Å²) in [6, 6.07) is 10.1. The normalized spacial score (nSPS) is 13.7. The molecule has 0 aliphatic carbocycles. The maximum atomic E-state index is 13.1. The lowest BCUT2D eigenvalue weighted by Crippen LogP contribution is -2.50. The zero-order valence-corrected chi connectivity index (χ0v) is 17.3. The predicted octanol–water partition coefficient (Wildman–Crippen LogP) is 1.00. The van der Waals surface area contributed by atoms with E-state index in [0.29, 0.717) is 43.6 Å². The Morgan fingerprint density at radius 2 is 1.65 bits per heavy atom. The molecule has 0 radical (unpaired) electrons. The SMILES string of the molecule is COc1ccc(-n2nc(C(=O)N3CCN(c4ncccn4)CC3)c(=O)cc2OC)cc1. The maximum absolute atomic E-state index is 13.1. The minimum atomic E-state index is -0.486. The number of amides is 1. The van der Waals surface area contributed by atoms with Crippen molar-refractivity contribution in [3.8, 4) is 17.3 Å². The van der Waals surface area contributed by atoms with Crippen molar-refractivity contribution in [1.82, 2.24) is 24.6 Å². The van der Waals surface area contributed by atoms with Crippen molar-refractivity contribution in [2.45, 2.75) is 0 Å². The third-order valence-corrected chi connectivity index (χ3v) is 5.03. The minimum absolute atomic E-state index is 0.152. The van der Waals surface area contributed by atoms with E-state index in [0.717, 1.165) is 0 Å². The molecule has 2 aromatic heterocycles. The molecule has 0 bridgehead atoms. The summed E-state index contributed by atoms with van der Waals surface area (Å²) in [5.41, 5.74) is -0.000733. The van der Waals surface area contributed by atoms with Gasteiger partial charge in [0.15, 0.2) is 5.69 Å². The van der Waals surface area contributed by atoms with Gasteiger partial charge in [0.25, 0.3) is 5.91 Å². The summed E-state index contributed by atoms with van der Waals surface area (Å²) in [5, 5.41) is 4.33. The van der Waals surface area contributed by atoms with E-state index in [4.69, 9.17) is 9.47 Å². The van der Waals surface area contributed by atoms with Gasteiger partial charge < -0.3 is 19.3 Å². The van der Waals surface area contributed by atoms with Crippen LogP contribution in [0, 0.1) is 0 Å². The van der Waals surface area contributed by atoms with Gasteiger partial charge in [-0.1, -0.05) is 0 Å². The van der Waals surface area contributed by atoms with Crippen LogP contribution in [0.15, 0.2) is 53.6 Å². The third-order valence-electron chi connectivity index (χ3n) is 5.03. The molecule has 3 aromatic rings. The largest absolute Gasteiger partial charge is 0.497 e. The maximum Gasteiger partial charge on any atom is 0.278 e. The van der Waals surface area contributed by atoms with Crippen LogP contribution in [-0.4, -0.2) is 71.0 Å². The molecule has 1 aliphatic rings. The molecule has 0 unspecified atom stereocenters. The molecule has 3 heterocycles. The summed E-state index contributed by atoms with van der Waals surface area (Å²) in [5.74, 6) is 1.13. The number of rotatable bonds is 5. The van der Waals surface area contributed by atoms with Gasteiger partial charge >= 0.3 is 0 Å². The lowest BCUT2D eigenvalue weighted by molar-refractivity contribution is 0.0736. The second-order valence-electron chi connectivity index (χ2n) is 6.84. The Labute approximate surface area is 178 Å². The Morgan fingerprint density at radius 1 is 0.968 bits per heavy atom. The number of benzene rings is 1. The number of anilines is 1. The molecular weight excluding hydrogens is 400 g/mol. The Balaban J connectivity index is 1.57. The Bertz CT molecular complexity index is 1110. The molecule has 1 amide bonds. The number of nitrogens with zero attached hydrogens (tertiary/aromatic N) is 6. The van der Waals surface area contributed by atoms with Crippen LogP contribution in [0.5, 0.6) is 11.6 Å². The number of carbonyl (C=O) groups is 1. The molecule has 1 fully saturated rings. The highest BCUT2D eigenvalue weighted by atomic mass is 16.5. The number of piperazine rings is 1. The fraction of sp³-hybridized carbons (Fsp3) is 0.286. The first-order chi connectivity index (χ1) is 15.1. The van der Waals surface area contributed by atoms with Crippen molar-refractivity contribution in [2.75, 3.05) is 45.3 Å². The molecule has 160 valence electrons. The van der Waals surface area contributed by atoms with Crippen LogP contribution in [-0.2, 0) is 0 Å². The number of hydrogen-bond donors (Lipinski definition) is 0. The predicted molar refractivity (Wildman–Crippen MR) is 113 cm³/mol. The van der Waals surface area contributed by atoms with Crippen LogP contribution < -0.4 is 19.8 Å². The van der Waals surface area contributed by atoms with Crippen LogP contribution in [0.3, 0.4) is 0 Å². The van der Waals surface area contributed by atoms with Crippen molar-refractivity contribution in [3.63, 3.8) is 0 Å². The van der Waals surface area contributed by atoms with Gasteiger partial charge in [-0.15, -0.1) is 0 Å². The van der Waals surface area contributed by atoms with E-state index < -0.39 is 11.3 Å². The summed E-state index contributed by atoms with van der Waals surface area (Å²) < 4.78 is 11.9. The lowest BCUT2D eigenvalue weighted by Gasteiger charge is -2.34. The van der Waals surface area contributed by atoms with Crippen molar-refractivity contribution >= 4 is 11.9 Å². The lowest BCUT2D eigenvalue weighted by atomic mass is 10.2. The van der Waals surface area contributed by atoms with Gasteiger partial charge in [0, 0.05) is 38.6 Å². The standard InChI is InChI=1S/C21H22N6O4/c1-30-16-6-4-15(5-7-16)27-18(31-2)14-17(28)19(24-27)20(29)25-10-12-26(13-11-25)21-22-8-3-9-23-21/h3-9,14H,10-13H2,1-2H3. The smallest absolute Gasteiger partial charge is 0.278 e. The summed E-state index contributed by atoms with van der Waals surface area (Å²) in [6.45, 7) is 2.01. The van der Waals surface area contributed by atoms with E-state index in [1.165, 1.54) is 17.9 Å². The van der Waals surface area contributed by atoms with Crippen LogP contribution in [0.25, 0.3) is 5.69 Å².